The molecule has 18 heavy (non-hydrogen) atoms. The van der Waals surface area contributed by atoms with Gasteiger partial charge in [-0.1, -0.05) is 0 Å². The van der Waals surface area contributed by atoms with Gasteiger partial charge in [-0.15, -0.1) is 24.0 Å². The van der Waals surface area contributed by atoms with E-state index in [0.29, 0.717) is 0 Å². The smallest absolute Gasteiger partial charge is 0.198 e. The predicted octanol–water partition coefficient (Wildman–Crippen LogP) is 1.72. The Hall–Kier alpha value is -1.18. The van der Waals surface area contributed by atoms with Gasteiger partial charge in [0, 0.05) is 25.3 Å². The Labute approximate surface area is 124 Å². The second-order valence-electron chi connectivity index (χ2n) is 3.73. The summed E-state index contributed by atoms with van der Waals surface area (Å²) in [5, 5.41) is 3.22. The van der Waals surface area contributed by atoms with Crippen LogP contribution in [-0.4, -0.2) is 40.3 Å². The summed E-state index contributed by atoms with van der Waals surface area (Å²) in [6.45, 7) is 1.72. The lowest BCUT2D eigenvalue weighted by molar-refractivity contribution is 0.355. The van der Waals surface area contributed by atoms with Crippen LogP contribution in [0.5, 0.6) is 11.5 Å². The minimum absolute atomic E-state index is 0. The number of benzene rings is 1. The summed E-state index contributed by atoms with van der Waals surface area (Å²) >= 11 is 0. The first kappa shape index (κ1) is 14.9. The van der Waals surface area contributed by atoms with Crippen molar-refractivity contribution in [2.45, 2.75) is 0 Å². The molecule has 1 aromatic rings. The van der Waals surface area contributed by atoms with Gasteiger partial charge in [0.25, 0.3) is 0 Å². The SMILES string of the molecule is COc1ccc(N(C)C2=NCCN2)cc1OC.I. The van der Waals surface area contributed by atoms with Crippen LogP contribution in [0, 0.1) is 0 Å². The Morgan fingerprint density at radius 1 is 1.22 bits per heavy atom. The highest BCUT2D eigenvalue weighted by Crippen LogP contribution is 2.31. The maximum absolute atomic E-state index is 5.28. The summed E-state index contributed by atoms with van der Waals surface area (Å²) < 4.78 is 10.5. The van der Waals surface area contributed by atoms with Gasteiger partial charge in [-0.2, -0.15) is 0 Å². The fourth-order valence-corrected chi connectivity index (χ4v) is 1.77. The predicted molar refractivity (Wildman–Crippen MR) is 83.7 cm³/mol. The molecule has 6 heteroatoms. The topological polar surface area (TPSA) is 46.1 Å². The van der Waals surface area contributed by atoms with Crippen molar-refractivity contribution >= 4 is 35.6 Å². The molecule has 1 aromatic carbocycles. The number of halogens is 1. The van der Waals surface area contributed by atoms with Crippen molar-refractivity contribution in [1.82, 2.24) is 5.32 Å². The number of methoxy groups -OCH3 is 2. The fraction of sp³-hybridized carbons (Fsp3) is 0.417. The van der Waals surface area contributed by atoms with Gasteiger partial charge in [0.05, 0.1) is 20.8 Å². The molecule has 2 rings (SSSR count). The van der Waals surface area contributed by atoms with Crippen molar-refractivity contribution in [2.24, 2.45) is 4.99 Å². The van der Waals surface area contributed by atoms with Crippen molar-refractivity contribution in [3.05, 3.63) is 18.2 Å². The van der Waals surface area contributed by atoms with E-state index >= 15 is 0 Å². The third-order valence-electron chi connectivity index (χ3n) is 2.73. The molecule has 0 saturated heterocycles. The van der Waals surface area contributed by atoms with E-state index in [2.05, 4.69) is 10.3 Å². The van der Waals surface area contributed by atoms with Crippen molar-refractivity contribution in [2.75, 3.05) is 39.3 Å². The van der Waals surface area contributed by atoms with Crippen LogP contribution in [0.1, 0.15) is 0 Å². The molecule has 0 radical (unpaired) electrons. The Bertz CT molecular complexity index is 437. The van der Waals surface area contributed by atoms with Gasteiger partial charge in [-0.3, -0.25) is 4.99 Å². The highest BCUT2D eigenvalue weighted by Gasteiger charge is 2.14. The van der Waals surface area contributed by atoms with E-state index in [0.717, 1.165) is 36.2 Å². The van der Waals surface area contributed by atoms with Crippen molar-refractivity contribution < 1.29 is 9.47 Å². The van der Waals surface area contributed by atoms with Crippen LogP contribution in [-0.2, 0) is 0 Å². The average Bonchev–Trinajstić information content (AvgIpc) is 2.90. The van der Waals surface area contributed by atoms with Gasteiger partial charge >= 0.3 is 0 Å². The second kappa shape index (κ2) is 6.67. The molecule has 0 saturated carbocycles. The highest BCUT2D eigenvalue weighted by molar-refractivity contribution is 14.0. The minimum Gasteiger partial charge on any atom is -0.493 e. The summed E-state index contributed by atoms with van der Waals surface area (Å²) in [4.78, 5) is 6.36. The van der Waals surface area contributed by atoms with E-state index in [1.165, 1.54) is 0 Å². The molecule has 0 atom stereocenters. The van der Waals surface area contributed by atoms with Crippen LogP contribution in [0.3, 0.4) is 0 Å². The molecule has 0 unspecified atom stereocenters. The molecule has 0 fully saturated rings. The number of hydrogen-bond acceptors (Lipinski definition) is 5. The molecule has 0 aromatic heterocycles. The molecule has 5 nitrogen and oxygen atoms in total. The van der Waals surface area contributed by atoms with Crippen molar-refractivity contribution in [3.63, 3.8) is 0 Å². The van der Waals surface area contributed by atoms with Gasteiger partial charge in [0.2, 0.25) is 0 Å². The fourth-order valence-electron chi connectivity index (χ4n) is 1.77. The summed E-state index contributed by atoms with van der Waals surface area (Å²) in [7, 11) is 5.23. The van der Waals surface area contributed by atoms with E-state index in [4.69, 9.17) is 9.47 Å². The first-order chi connectivity index (χ1) is 8.26. The summed E-state index contributed by atoms with van der Waals surface area (Å²) in [5.41, 5.74) is 1.01. The molecular weight excluding hydrogens is 345 g/mol. The van der Waals surface area contributed by atoms with Crippen LogP contribution in [0.2, 0.25) is 0 Å². The molecule has 1 N–H and O–H groups in total. The lowest BCUT2D eigenvalue weighted by Crippen LogP contribution is -2.35. The molecule has 0 spiro atoms. The van der Waals surface area contributed by atoms with Crippen molar-refractivity contribution in [3.8, 4) is 11.5 Å². The lowest BCUT2D eigenvalue weighted by atomic mass is 10.2. The van der Waals surface area contributed by atoms with Crippen LogP contribution >= 0.6 is 24.0 Å². The summed E-state index contributed by atoms with van der Waals surface area (Å²) in [6.07, 6.45) is 0. The van der Waals surface area contributed by atoms with E-state index in [9.17, 15) is 0 Å². The number of rotatable bonds is 3. The second-order valence-corrected chi connectivity index (χ2v) is 3.73. The molecule has 1 heterocycles. The standard InChI is InChI=1S/C12H17N3O2.HI/c1-15(12-13-6-7-14-12)9-4-5-10(16-2)11(8-9)17-3;/h4-5,8H,6-7H2,1-3H3,(H,13,14);1H. The van der Waals surface area contributed by atoms with Gasteiger partial charge in [-0.25, -0.2) is 0 Å². The van der Waals surface area contributed by atoms with Crippen LogP contribution in [0.25, 0.3) is 0 Å². The third-order valence-corrected chi connectivity index (χ3v) is 2.73. The quantitative estimate of drug-likeness (QED) is 0.831. The highest BCUT2D eigenvalue weighted by atomic mass is 127. The zero-order chi connectivity index (χ0) is 12.3. The van der Waals surface area contributed by atoms with E-state index in [1.54, 1.807) is 14.2 Å². The van der Waals surface area contributed by atoms with Crippen LogP contribution < -0.4 is 19.7 Å². The monoisotopic (exact) mass is 363 g/mol. The number of hydrogen-bond donors (Lipinski definition) is 1. The summed E-state index contributed by atoms with van der Waals surface area (Å²) in [6, 6.07) is 5.80. The van der Waals surface area contributed by atoms with E-state index < -0.39 is 0 Å². The Kier molecular flexibility index (Phi) is 5.52. The molecule has 1 aliphatic rings. The van der Waals surface area contributed by atoms with Gasteiger partial charge in [-0.05, 0) is 12.1 Å². The van der Waals surface area contributed by atoms with Crippen molar-refractivity contribution in [1.29, 1.82) is 0 Å². The van der Waals surface area contributed by atoms with Crippen LogP contribution in [0.15, 0.2) is 23.2 Å². The first-order valence-corrected chi connectivity index (χ1v) is 5.50. The molecular formula is C12H18IN3O2. The number of nitrogens with zero attached hydrogens (tertiary/aromatic N) is 2. The number of guanidine groups is 1. The largest absolute Gasteiger partial charge is 0.493 e. The zero-order valence-corrected chi connectivity index (χ0v) is 13.1. The first-order valence-electron chi connectivity index (χ1n) is 5.50. The maximum atomic E-state index is 5.28. The average molecular weight is 363 g/mol. The molecule has 0 aliphatic carbocycles. The molecule has 100 valence electrons. The molecule has 0 bridgehead atoms. The number of ether oxygens (including phenoxy) is 2. The normalized spacial score (nSPS) is 13.2. The lowest BCUT2D eigenvalue weighted by Gasteiger charge is -2.20. The third kappa shape index (κ3) is 2.98. The summed E-state index contributed by atoms with van der Waals surface area (Å²) in [5.74, 6) is 2.33. The minimum atomic E-state index is 0. The van der Waals surface area contributed by atoms with Gasteiger partial charge in [0.1, 0.15) is 0 Å². The van der Waals surface area contributed by atoms with Gasteiger partial charge in [0.15, 0.2) is 17.5 Å². The number of anilines is 1. The van der Waals surface area contributed by atoms with Gasteiger partial charge < -0.3 is 19.7 Å². The van der Waals surface area contributed by atoms with Crippen LogP contribution in [0.4, 0.5) is 5.69 Å². The Balaban J connectivity index is 0.00000162. The zero-order valence-electron chi connectivity index (χ0n) is 10.8. The number of aliphatic imine (C=N–C) groups is 1. The van der Waals surface area contributed by atoms with E-state index in [1.807, 2.05) is 30.1 Å². The Morgan fingerprint density at radius 2 is 1.94 bits per heavy atom. The number of nitrogens with one attached hydrogen (secondary N) is 1. The maximum Gasteiger partial charge on any atom is 0.198 e. The van der Waals surface area contributed by atoms with E-state index in [-0.39, 0.29) is 24.0 Å². The molecule has 0 amide bonds. The Morgan fingerprint density at radius 3 is 2.50 bits per heavy atom. The molecule has 1 aliphatic heterocycles.